The normalized spacial score (nSPS) is 7.88. The number of rotatable bonds is 1. The summed E-state index contributed by atoms with van der Waals surface area (Å²) in [6.45, 7) is 0. The Balaban J connectivity index is 3.70. The lowest BCUT2D eigenvalue weighted by Gasteiger charge is -1.83. The summed E-state index contributed by atoms with van der Waals surface area (Å²) in [6.07, 6.45) is -1.89. The molecule has 0 aliphatic carbocycles. The summed E-state index contributed by atoms with van der Waals surface area (Å²) in [6, 6.07) is 0. The molecule has 0 spiro atoms. The molecule has 0 atom stereocenters. The molecule has 2 nitrogen and oxygen atoms in total. The number of amides is 1. The smallest absolute Gasteiger partial charge is 0.275 e. The lowest BCUT2D eigenvalue weighted by molar-refractivity contribution is -0.114. The van der Waals surface area contributed by atoms with E-state index in [4.69, 9.17) is 0 Å². The fourth-order valence-corrected chi connectivity index (χ4v) is 0.196. The standard InChI is InChI=1S/C3H3F2NOS/c4-2(5)1-3(7)6-8/h1,8H,(H,6,7). The molecule has 0 saturated carbocycles. The highest BCUT2D eigenvalue weighted by atomic mass is 32.1. The first-order chi connectivity index (χ1) is 3.66. The van der Waals surface area contributed by atoms with E-state index >= 15 is 0 Å². The first kappa shape index (κ1) is 7.42. The monoisotopic (exact) mass is 139 g/mol. The molecule has 1 amide bonds. The van der Waals surface area contributed by atoms with Crippen LogP contribution in [0.5, 0.6) is 0 Å². The number of halogens is 2. The highest BCUT2D eigenvalue weighted by Crippen LogP contribution is 1.94. The molecule has 0 saturated heterocycles. The Kier molecular flexibility index (Phi) is 3.18. The second kappa shape index (κ2) is 3.43. The van der Waals surface area contributed by atoms with E-state index in [0.29, 0.717) is 0 Å². The Morgan fingerprint density at radius 2 is 2.12 bits per heavy atom. The van der Waals surface area contributed by atoms with Crippen molar-refractivity contribution in [2.24, 2.45) is 0 Å². The number of nitrogens with one attached hydrogen (secondary N) is 1. The lowest BCUT2D eigenvalue weighted by atomic mass is 10.6. The maximum Gasteiger partial charge on any atom is 0.275 e. The zero-order valence-corrected chi connectivity index (χ0v) is 4.58. The molecule has 0 radical (unpaired) electrons. The molecule has 0 aliphatic heterocycles. The van der Waals surface area contributed by atoms with Gasteiger partial charge in [-0.05, 0) is 0 Å². The van der Waals surface area contributed by atoms with Crippen molar-refractivity contribution in [2.45, 2.75) is 0 Å². The van der Waals surface area contributed by atoms with Crippen molar-refractivity contribution >= 4 is 18.7 Å². The van der Waals surface area contributed by atoms with Crippen molar-refractivity contribution in [3.05, 3.63) is 12.2 Å². The summed E-state index contributed by atoms with van der Waals surface area (Å²) < 4.78 is 23.8. The third-order valence-electron chi connectivity index (χ3n) is 0.350. The highest BCUT2D eigenvalue weighted by molar-refractivity contribution is 7.78. The molecular formula is C3H3F2NOS. The van der Waals surface area contributed by atoms with E-state index in [-0.39, 0.29) is 6.08 Å². The van der Waals surface area contributed by atoms with Gasteiger partial charge in [-0.1, -0.05) is 12.8 Å². The molecule has 5 heteroatoms. The van der Waals surface area contributed by atoms with Gasteiger partial charge in [0.25, 0.3) is 12.0 Å². The highest BCUT2D eigenvalue weighted by Gasteiger charge is 1.93. The van der Waals surface area contributed by atoms with Crippen molar-refractivity contribution in [3.63, 3.8) is 0 Å². The second-order valence-electron chi connectivity index (χ2n) is 0.910. The number of hydrogen-bond acceptors (Lipinski definition) is 2. The van der Waals surface area contributed by atoms with E-state index in [0.717, 1.165) is 0 Å². The van der Waals surface area contributed by atoms with Gasteiger partial charge in [-0.15, -0.1) is 0 Å². The van der Waals surface area contributed by atoms with E-state index in [1.54, 1.807) is 4.72 Å². The lowest BCUT2D eigenvalue weighted by Crippen LogP contribution is -2.07. The summed E-state index contributed by atoms with van der Waals surface area (Å²) >= 11 is 3.21. The summed E-state index contributed by atoms with van der Waals surface area (Å²) in [5, 5.41) is 0. The summed E-state index contributed by atoms with van der Waals surface area (Å²) in [4.78, 5) is 9.88. The van der Waals surface area contributed by atoms with E-state index in [2.05, 4.69) is 12.8 Å². The number of thiol groups is 1. The van der Waals surface area contributed by atoms with Crippen molar-refractivity contribution in [2.75, 3.05) is 0 Å². The number of carbonyl (C=O) groups excluding carboxylic acids is 1. The third kappa shape index (κ3) is 3.60. The molecule has 0 aromatic carbocycles. The minimum atomic E-state index is -2.03. The Bertz CT molecular complexity index is 120. The number of hydrogen-bond donors (Lipinski definition) is 2. The average molecular weight is 139 g/mol. The molecule has 0 aromatic heterocycles. The van der Waals surface area contributed by atoms with E-state index < -0.39 is 12.0 Å². The fourth-order valence-electron chi connectivity index (χ4n) is 0.131. The van der Waals surface area contributed by atoms with Crippen LogP contribution in [-0.4, -0.2) is 5.91 Å². The zero-order valence-electron chi connectivity index (χ0n) is 3.69. The van der Waals surface area contributed by atoms with Gasteiger partial charge in [-0.3, -0.25) is 9.52 Å². The molecule has 8 heavy (non-hydrogen) atoms. The van der Waals surface area contributed by atoms with Gasteiger partial charge in [0.2, 0.25) is 0 Å². The summed E-state index contributed by atoms with van der Waals surface area (Å²) in [5.41, 5.74) is 0. The molecule has 0 aromatic rings. The molecule has 0 bridgehead atoms. The van der Waals surface area contributed by atoms with Crippen LogP contribution in [-0.2, 0) is 4.79 Å². The minimum Gasteiger partial charge on any atom is -0.299 e. The average Bonchev–Trinajstić information content (AvgIpc) is 1.65. The van der Waals surface area contributed by atoms with Crippen LogP contribution < -0.4 is 4.72 Å². The van der Waals surface area contributed by atoms with E-state index in [1.165, 1.54) is 0 Å². The Labute approximate surface area is 50.1 Å². The van der Waals surface area contributed by atoms with Gasteiger partial charge in [-0.25, -0.2) is 0 Å². The quantitative estimate of drug-likeness (QED) is 0.407. The molecule has 0 fully saturated rings. The molecule has 0 heterocycles. The maximum absolute atomic E-state index is 11.0. The van der Waals surface area contributed by atoms with Crippen LogP contribution >= 0.6 is 12.8 Å². The first-order valence-corrected chi connectivity index (χ1v) is 2.08. The minimum absolute atomic E-state index is 0.146. The van der Waals surface area contributed by atoms with Crippen LogP contribution in [0.3, 0.4) is 0 Å². The first-order valence-electron chi connectivity index (χ1n) is 1.63. The van der Waals surface area contributed by atoms with Gasteiger partial charge in [0.15, 0.2) is 0 Å². The summed E-state index contributed by atoms with van der Waals surface area (Å²) in [5.74, 6) is -0.923. The van der Waals surface area contributed by atoms with E-state index in [1.807, 2.05) is 0 Å². The third-order valence-corrected chi connectivity index (χ3v) is 0.571. The Morgan fingerprint density at radius 3 is 2.25 bits per heavy atom. The van der Waals surface area contributed by atoms with Gasteiger partial charge >= 0.3 is 0 Å². The van der Waals surface area contributed by atoms with Gasteiger partial charge in [0.1, 0.15) is 0 Å². The van der Waals surface area contributed by atoms with Crippen LogP contribution in [0.2, 0.25) is 0 Å². The molecule has 0 aliphatic rings. The van der Waals surface area contributed by atoms with Gasteiger partial charge in [0.05, 0.1) is 6.08 Å². The fraction of sp³-hybridized carbons (Fsp3) is 0. The molecule has 46 valence electrons. The van der Waals surface area contributed by atoms with Crippen molar-refractivity contribution in [3.8, 4) is 0 Å². The van der Waals surface area contributed by atoms with Crippen molar-refractivity contribution < 1.29 is 13.6 Å². The Hall–Kier alpha value is -0.580. The van der Waals surface area contributed by atoms with Crippen molar-refractivity contribution in [1.82, 2.24) is 4.72 Å². The van der Waals surface area contributed by atoms with Gasteiger partial charge in [0, 0.05) is 0 Å². The maximum atomic E-state index is 11.0. The zero-order chi connectivity index (χ0) is 6.57. The summed E-state index contributed by atoms with van der Waals surface area (Å²) in [7, 11) is 0. The largest absolute Gasteiger partial charge is 0.299 e. The SMILES string of the molecule is O=C(C=C(F)F)NS. The second-order valence-corrected chi connectivity index (χ2v) is 1.13. The van der Waals surface area contributed by atoms with Crippen LogP contribution in [0.4, 0.5) is 8.78 Å². The van der Waals surface area contributed by atoms with Crippen LogP contribution in [0.25, 0.3) is 0 Å². The van der Waals surface area contributed by atoms with Crippen molar-refractivity contribution in [1.29, 1.82) is 0 Å². The molecule has 1 N–H and O–H groups in total. The van der Waals surface area contributed by atoms with Gasteiger partial charge < -0.3 is 0 Å². The Morgan fingerprint density at radius 1 is 1.62 bits per heavy atom. The van der Waals surface area contributed by atoms with Gasteiger partial charge in [-0.2, -0.15) is 8.78 Å². The predicted molar refractivity (Wildman–Crippen MR) is 27.4 cm³/mol. The molecule has 0 rings (SSSR count). The molecule has 0 unspecified atom stereocenters. The molecular weight excluding hydrogens is 136 g/mol. The van der Waals surface area contributed by atoms with Crippen LogP contribution in [0.1, 0.15) is 0 Å². The predicted octanol–water partition coefficient (Wildman–Crippen LogP) is 0.728. The van der Waals surface area contributed by atoms with E-state index in [9.17, 15) is 13.6 Å². The van der Waals surface area contributed by atoms with Crippen LogP contribution in [0.15, 0.2) is 12.2 Å². The topological polar surface area (TPSA) is 29.1 Å². The number of carbonyl (C=O) groups is 1. The van der Waals surface area contributed by atoms with Crippen LogP contribution in [0, 0.1) is 0 Å².